The molecule has 0 saturated heterocycles. The summed E-state index contributed by atoms with van der Waals surface area (Å²) >= 11 is 0. The van der Waals surface area contributed by atoms with Crippen LogP contribution in [0.4, 0.5) is 5.69 Å². The smallest absolute Gasteiger partial charge is 0.228 e. The average molecular weight is 201 g/mol. The predicted molar refractivity (Wildman–Crippen MR) is 58.3 cm³/mol. The second-order valence-electron chi connectivity index (χ2n) is 3.31. The Hall–Kier alpha value is -1.99. The van der Waals surface area contributed by atoms with Crippen molar-refractivity contribution in [2.45, 2.75) is 6.42 Å². The van der Waals surface area contributed by atoms with Crippen molar-refractivity contribution >= 4 is 17.4 Å². The van der Waals surface area contributed by atoms with Crippen molar-refractivity contribution in [2.24, 2.45) is 0 Å². The summed E-state index contributed by atoms with van der Waals surface area (Å²) in [5.41, 5.74) is 5.47. The van der Waals surface area contributed by atoms with Crippen molar-refractivity contribution in [3.63, 3.8) is 0 Å². The topological polar surface area (TPSA) is 38.3 Å². The van der Waals surface area contributed by atoms with Gasteiger partial charge in [-0.15, -0.1) is 0 Å². The number of methoxy groups -OCH3 is 1. The maximum absolute atomic E-state index is 11.1. The van der Waals surface area contributed by atoms with Crippen LogP contribution in [-0.2, 0) is 16.0 Å². The Labute approximate surface area is 88.1 Å². The maximum Gasteiger partial charge on any atom is 0.228 e. The minimum absolute atomic E-state index is 0.0312. The molecule has 76 valence electrons. The van der Waals surface area contributed by atoms with Crippen LogP contribution in [0.2, 0.25) is 0 Å². The van der Waals surface area contributed by atoms with E-state index in [1.165, 1.54) is 0 Å². The molecule has 0 unspecified atom stereocenters. The van der Waals surface area contributed by atoms with Crippen molar-refractivity contribution in [2.75, 3.05) is 12.4 Å². The largest absolute Gasteiger partial charge is 0.489 e. The normalized spacial score (nSPS) is 12.7. The van der Waals surface area contributed by atoms with Gasteiger partial charge in [-0.05, 0) is 23.8 Å². The molecule has 3 heteroatoms. The van der Waals surface area contributed by atoms with Gasteiger partial charge in [0.2, 0.25) is 5.91 Å². The third-order valence-electron chi connectivity index (χ3n) is 2.36. The van der Waals surface area contributed by atoms with Gasteiger partial charge in [0.15, 0.2) is 5.76 Å². The highest BCUT2D eigenvalue weighted by atomic mass is 16.5. The Bertz CT molecular complexity index is 471. The van der Waals surface area contributed by atoms with Crippen LogP contribution in [0.25, 0.3) is 5.76 Å². The highest BCUT2D eigenvalue weighted by Crippen LogP contribution is 2.26. The SMILES string of the molecule is C=C=C(OC)c1ccc2c(c1)CC(=O)N2. The standard InChI is InChI=1S/C12H11NO2/c1-3-11(15-2)8-4-5-10-9(6-8)7-12(14)13-10/h4-6H,1,7H2,2H3,(H,13,14). The van der Waals surface area contributed by atoms with E-state index >= 15 is 0 Å². The average Bonchev–Trinajstić information content (AvgIpc) is 2.59. The van der Waals surface area contributed by atoms with Crippen molar-refractivity contribution in [1.82, 2.24) is 0 Å². The number of benzene rings is 1. The van der Waals surface area contributed by atoms with Gasteiger partial charge in [-0.1, -0.05) is 12.3 Å². The van der Waals surface area contributed by atoms with Crippen LogP contribution in [0.3, 0.4) is 0 Å². The minimum atomic E-state index is 0.0312. The van der Waals surface area contributed by atoms with Gasteiger partial charge >= 0.3 is 0 Å². The number of carbonyl (C=O) groups excluding carboxylic acids is 1. The number of carbonyl (C=O) groups is 1. The van der Waals surface area contributed by atoms with Crippen LogP contribution in [0, 0.1) is 0 Å². The van der Waals surface area contributed by atoms with Gasteiger partial charge in [0.1, 0.15) is 0 Å². The summed E-state index contributed by atoms with van der Waals surface area (Å²) in [6.45, 7) is 3.55. The van der Waals surface area contributed by atoms with E-state index in [1.807, 2.05) is 18.2 Å². The van der Waals surface area contributed by atoms with E-state index in [0.29, 0.717) is 12.2 Å². The number of ether oxygens (including phenoxy) is 1. The molecule has 0 fully saturated rings. The number of hydrogen-bond acceptors (Lipinski definition) is 2. The molecule has 1 heterocycles. The lowest BCUT2D eigenvalue weighted by Gasteiger charge is -2.05. The number of amides is 1. The molecule has 1 aliphatic rings. The van der Waals surface area contributed by atoms with Gasteiger partial charge in [0, 0.05) is 11.3 Å². The molecule has 1 aromatic carbocycles. The van der Waals surface area contributed by atoms with Crippen LogP contribution in [-0.4, -0.2) is 13.0 Å². The molecule has 0 bridgehead atoms. The molecule has 2 rings (SSSR count). The van der Waals surface area contributed by atoms with Crippen LogP contribution in [0.1, 0.15) is 11.1 Å². The summed E-state index contributed by atoms with van der Waals surface area (Å²) in [4.78, 5) is 11.1. The van der Waals surface area contributed by atoms with Crippen LogP contribution in [0.15, 0.2) is 30.5 Å². The summed E-state index contributed by atoms with van der Waals surface area (Å²) in [5.74, 6) is 0.626. The quantitative estimate of drug-likeness (QED) is 0.586. The Kier molecular flexibility index (Phi) is 2.32. The first-order valence-electron chi connectivity index (χ1n) is 4.62. The van der Waals surface area contributed by atoms with Crippen molar-refractivity contribution < 1.29 is 9.53 Å². The van der Waals surface area contributed by atoms with Crippen LogP contribution < -0.4 is 5.32 Å². The van der Waals surface area contributed by atoms with Gasteiger partial charge in [-0.2, -0.15) is 0 Å². The second-order valence-corrected chi connectivity index (χ2v) is 3.31. The van der Waals surface area contributed by atoms with E-state index in [4.69, 9.17) is 4.74 Å². The highest BCUT2D eigenvalue weighted by molar-refractivity contribution is 5.99. The minimum Gasteiger partial charge on any atom is -0.489 e. The summed E-state index contributed by atoms with van der Waals surface area (Å²) in [6.07, 6.45) is 0.428. The molecule has 15 heavy (non-hydrogen) atoms. The molecule has 1 aliphatic heterocycles. The monoisotopic (exact) mass is 201 g/mol. The van der Waals surface area contributed by atoms with E-state index in [1.54, 1.807) is 7.11 Å². The maximum atomic E-state index is 11.1. The third-order valence-corrected chi connectivity index (χ3v) is 2.36. The Balaban J connectivity index is 2.43. The Morgan fingerprint density at radius 2 is 2.40 bits per heavy atom. The molecule has 0 atom stereocenters. The number of rotatable bonds is 2. The fraction of sp³-hybridized carbons (Fsp3) is 0.167. The predicted octanol–water partition coefficient (Wildman–Crippen LogP) is 1.95. The lowest BCUT2D eigenvalue weighted by molar-refractivity contribution is -0.115. The van der Waals surface area contributed by atoms with E-state index < -0.39 is 0 Å². The fourth-order valence-corrected chi connectivity index (χ4v) is 1.66. The number of fused-ring (bicyclic) bond motifs is 1. The lowest BCUT2D eigenvalue weighted by Crippen LogP contribution is -2.03. The van der Waals surface area contributed by atoms with Gasteiger partial charge in [0.05, 0.1) is 13.5 Å². The van der Waals surface area contributed by atoms with E-state index in [9.17, 15) is 4.79 Å². The molecular weight excluding hydrogens is 190 g/mol. The molecule has 1 amide bonds. The number of anilines is 1. The van der Waals surface area contributed by atoms with E-state index in [-0.39, 0.29) is 5.91 Å². The molecule has 0 aliphatic carbocycles. The summed E-state index contributed by atoms with van der Waals surface area (Å²) in [5, 5.41) is 2.77. The summed E-state index contributed by atoms with van der Waals surface area (Å²) < 4.78 is 5.11. The zero-order chi connectivity index (χ0) is 10.8. The Morgan fingerprint density at radius 1 is 1.60 bits per heavy atom. The van der Waals surface area contributed by atoms with Gasteiger partial charge in [-0.25, -0.2) is 0 Å². The fourth-order valence-electron chi connectivity index (χ4n) is 1.66. The lowest BCUT2D eigenvalue weighted by atomic mass is 10.1. The van der Waals surface area contributed by atoms with Crippen molar-refractivity contribution in [1.29, 1.82) is 0 Å². The van der Waals surface area contributed by atoms with Crippen LogP contribution >= 0.6 is 0 Å². The molecule has 0 radical (unpaired) electrons. The summed E-state index contributed by atoms with van der Waals surface area (Å²) in [7, 11) is 1.57. The van der Waals surface area contributed by atoms with Gasteiger partial charge in [-0.3, -0.25) is 4.79 Å². The molecule has 3 nitrogen and oxygen atoms in total. The number of hydrogen-bond donors (Lipinski definition) is 1. The Morgan fingerprint density at radius 3 is 3.07 bits per heavy atom. The van der Waals surface area contributed by atoms with Gasteiger partial charge in [0.25, 0.3) is 0 Å². The highest BCUT2D eigenvalue weighted by Gasteiger charge is 2.18. The second kappa shape index (κ2) is 3.64. The molecular formula is C12H11NO2. The molecule has 0 spiro atoms. The first-order chi connectivity index (χ1) is 7.24. The molecule has 1 N–H and O–H groups in total. The third kappa shape index (κ3) is 1.65. The van der Waals surface area contributed by atoms with Crippen molar-refractivity contribution in [3.8, 4) is 0 Å². The van der Waals surface area contributed by atoms with Gasteiger partial charge < -0.3 is 10.1 Å². The van der Waals surface area contributed by atoms with Crippen molar-refractivity contribution in [3.05, 3.63) is 41.6 Å². The van der Waals surface area contributed by atoms with Crippen LogP contribution in [0.5, 0.6) is 0 Å². The molecule has 0 aromatic heterocycles. The first-order valence-corrected chi connectivity index (χ1v) is 4.62. The number of nitrogens with one attached hydrogen (secondary N) is 1. The molecule has 1 aromatic rings. The molecule has 0 saturated carbocycles. The van der Waals surface area contributed by atoms with E-state index in [0.717, 1.165) is 16.8 Å². The first kappa shape index (κ1) is 9.56. The summed E-state index contributed by atoms with van der Waals surface area (Å²) in [6, 6.07) is 5.66. The van der Waals surface area contributed by atoms with E-state index in [2.05, 4.69) is 17.6 Å². The zero-order valence-corrected chi connectivity index (χ0v) is 8.46. The zero-order valence-electron chi connectivity index (χ0n) is 8.46.